The van der Waals surface area contributed by atoms with Crippen LogP contribution in [0.1, 0.15) is 0 Å². The third-order valence-electron chi connectivity index (χ3n) is 0.910. The first kappa shape index (κ1) is 11.0. The molecular formula is C6H9F2NO3. The number of alkyl halides is 2. The third-order valence-corrected chi connectivity index (χ3v) is 0.910. The van der Waals surface area contributed by atoms with Crippen LogP contribution in [0.4, 0.5) is 8.78 Å². The fourth-order valence-corrected chi connectivity index (χ4v) is 0.335. The molecule has 0 aliphatic rings. The molecule has 70 valence electrons. The van der Waals surface area contributed by atoms with Crippen LogP contribution >= 0.6 is 0 Å². The lowest BCUT2D eigenvalue weighted by molar-refractivity contribution is -0.167. The van der Waals surface area contributed by atoms with Gasteiger partial charge >= 0.3 is 11.9 Å². The number of hydrogen-bond donors (Lipinski definition) is 2. The lowest BCUT2D eigenvalue weighted by Gasteiger charge is -2.10. The fraction of sp³-hybridized carbons (Fsp3) is 0.500. The summed E-state index contributed by atoms with van der Waals surface area (Å²) in [5.74, 6) is -5.99. The average Bonchev–Trinajstić information content (AvgIpc) is 1.98. The number of rotatable bonds is 6. The zero-order valence-corrected chi connectivity index (χ0v) is 6.22. The number of aliphatic carboxylic acids is 1. The molecule has 6 heteroatoms. The lowest BCUT2D eigenvalue weighted by atomic mass is 10.3. The van der Waals surface area contributed by atoms with Gasteiger partial charge < -0.3 is 5.11 Å². The van der Waals surface area contributed by atoms with E-state index >= 15 is 0 Å². The Morgan fingerprint density at radius 3 is 2.75 bits per heavy atom. The molecule has 2 N–H and O–H groups in total. The van der Waals surface area contributed by atoms with Crippen molar-refractivity contribution in [2.45, 2.75) is 5.92 Å². The standard InChI is InChI=1S/C6H9F2NO3/c1-2-3-12-9-4-6(7,8)5(10)11/h2,9H,1,3-4H2,(H,10,11). The number of hydrogen-bond acceptors (Lipinski definition) is 3. The zero-order chi connectivity index (χ0) is 9.61. The summed E-state index contributed by atoms with van der Waals surface area (Å²) in [6, 6.07) is 0. The maximum atomic E-state index is 12.2. The molecule has 0 saturated heterocycles. The van der Waals surface area contributed by atoms with E-state index in [1.807, 2.05) is 0 Å². The van der Waals surface area contributed by atoms with Crippen LogP contribution in [0.25, 0.3) is 0 Å². The molecule has 0 unspecified atom stereocenters. The minimum Gasteiger partial charge on any atom is -0.477 e. The summed E-state index contributed by atoms with van der Waals surface area (Å²) in [5, 5.41) is 7.93. The molecule has 0 fully saturated rings. The van der Waals surface area contributed by atoms with E-state index in [1.165, 1.54) is 6.08 Å². The SMILES string of the molecule is C=CCONCC(F)(F)C(=O)O. The van der Waals surface area contributed by atoms with Crippen LogP contribution in [0, 0.1) is 0 Å². The molecular weight excluding hydrogens is 172 g/mol. The summed E-state index contributed by atoms with van der Waals surface area (Å²) in [5.41, 5.74) is 1.81. The Balaban J connectivity index is 3.61. The van der Waals surface area contributed by atoms with Gasteiger partial charge in [-0.05, 0) is 0 Å². The summed E-state index contributed by atoms with van der Waals surface area (Å²) < 4.78 is 24.4. The molecule has 0 spiro atoms. The number of carboxylic acids is 1. The van der Waals surface area contributed by atoms with Gasteiger partial charge in [-0.25, -0.2) is 4.79 Å². The molecule has 0 aliphatic carbocycles. The van der Waals surface area contributed by atoms with Crippen molar-refractivity contribution in [1.29, 1.82) is 0 Å². The minimum absolute atomic E-state index is 0.0374. The van der Waals surface area contributed by atoms with E-state index in [2.05, 4.69) is 11.4 Å². The lowest BCUT2D eigenvalue weighted by Crippen LogP contribution is -2.39. The Bertz CT molecular complexity index is 172. The van der Waals surface area contributed by atoms with Gasteiger partial charge in [-0.15, -0.1) is 6.58 Å². The fourth-order valence-electron chi connectivity index (χ4n) is 0.335. The van der Waals surface area contributed by atoms with Gasteiger partial charge in [0.25, 0.3) is 0 Å². The molecule has 0 rings (SSSR count). The van der Waals surface area contributed by atoms with Gasteiger partial charge in [0.15, 0.2) is 0 Å². The highest BCUT2D eigenvalue weighted by Crippen LogP contribution is 2.11. The Morgan fingerprint density at radius 2 is 2.33 bits per heavy atom. The van der Waals surface area contributed by atoms with Gasteiger partial charge in [0.05, 0.1) is 13.2 Å². The molecule has 0 aromatic carbocycles. The number of nitrogens with one attached hydrogen (secondary N) is 1. The first-order valence-corrected chi connectivity index (χ1v) is 3.07. The quantitative estimate of drug-likeness (QED) is 0.354. The number of halogens is 2. The van der Waals surface area contributed by atoms with Gasteiger partial charge in [-0.3, -0.25) is 4.84 Å². The minimum atomic E-state index is -3.80. The first-order chi connectivity index (χ1) is 5.50. The Labute approximate surface area is 67.8 Å². The molecule has 0 atom stereocenters. The van der Waals surface area contributed by atoms with Crippen molar-refractivity contribution in [3.63, 3.8) is 0 Å². The predicted octanol–water partition coefficient (Wildman–Crippen LogP) is 0.413. The van der Waals surface area contributed by atoms with Crippen LogP contribution in [0.15, 0.2) is 12.7 Å². The van der Waals surface area contributed by atoms with Gasteiger partial charge in [0, 0.05) is 0 Å². The summed E-state index contributed by atoms with van der Waals surface area (Å²) in [4.78, 5) is 14.2. The molecule has 4 nitrogen and oxygen atoms in total. The summed E-state index contributed by atoms with van der Waals surface area (Å²) in [6.07, 6.45) is 1.34. The van der Waals surface area contributed by atoms with Crippen molar-refractivity contribution in [2.24, 2.45) is 0 Å². The molecule has 0 radical (unpaired) electrons. The van der Waals surface area contributed by atoms with Crippen molar-refractivity contribution in [3.05, 3.63) is 12.7 Å². The Kier molecular flexibility index (Phi) is 4.38. The van der Waals surface area contributed by atoms with E-state index < -0.39 is 18.4 Å². The molecule has 12 heavy (non-hydrogen) atoms. The van der Waals surface area contributed by atoms with E-state index in [-0.39, 0.29) is 6.61 Å². The predicted molar refractivity (Wildman–Crippen MR) is 36.7 cm³/mol. The van der Waals surface area contributed by atoms with Crippen LogP contribution in [0.5, 0.6) is 0 Å². The van der Waals surface area contributed by atoms with Crippen LogP contribution in [-0.2, 0) is 9.63 Å². The van der Waals surface area contributed by atoms with Crippen molar-refractivity contribution in [1.82, 2.24) is 5.48 Å². The van der Waals surface area contributed by atoms with Crippen LogP contribution in [0.2, 0.25) is 0 Å². The molecule has 0 aromatic rings. The highest BCUT2D eigenvalue weighted by molar-refractivity contribution is 5.75. The van der Waals surface area contributed by atoms with E-state index in [1.54, 1.807) is 5.48 Å². The molecule has 0 amide bonds. The van der Waals surface area contributed by atoms with E-state index in [4.69, 9.17) is 5.11 Å². The van der Waals surface area contributed by atoms with Crippen LogP contribution in [-0.4, -0.2) is 30.2 Å². The van der Waals surface area contributed by atoms with Gasteiger partial charge in [-0.1, -0.05) is 6.08 Å². The van der Waals surface area contributed by atoms with Gasteiger partial charge in [0.1, 0.15) is 0 Å². The van der Waals surface area contributed by atoms with Crippen molar-refractivity contribution >= 4 is 5.97 Å². The molecule has 0 bridgehead atoms. The number of carbonyl (C=O) groups is 1. The maximum Gasteiger partial charge on any atom is 0.376 e. The van der Waals surface area contributed by atoms with E-state index in [9.17, 15) is 13.6 Å². The Hall–Kier alpha value is -1.01. The van der Waals surface area contributed by atoms with E-state index in [0.717, 1.165) is 0 Å². The zero-order valence-electron chi connectivity index (χ0n) is 6.22. The number of hydroxylamine groups is 1. The van der Waals surface area contributed by atoms with Crippen molar-refractivity contribution in [2.75, 3.05) is 13.2 Å². The van der Waals surface area contributed by atoms with Gasteiger partial charge in [-0.2, -0.15) is 14.3 Å². The smallest absolute Gasteiger partial charge is 0.376 e. The van der Waals surface area contributed by atoms with Crippen LogP contribution in [0.3, 0.4) is 0 Å². The normalized spacial score (nSPS) is 11.2. The van der Waals surface area contributed by atoms with Gasteiger partial charge in [0.2, 0.25) is 0 Å². The largest absolute Gasteiger partial charge is 0.477 e. The van der Waals surface area contributed by atoms with Crippen LogP contribution < -0.4 is 5.48 Å². The molecule has 0 heterocycles. The Morgan fingerprint density at radius 1 is 1.75 bits per heavy atom. The number of carboxylic acid groups (broad SMARTS) is 1. The first-order valence-electron chi connectivity index (χ1n) is 3.07. The summed E-state index contributed by atoms with van der Waals surface area (Å²) in [6.45, 7) is 2.24. The molecule has 0 aromatic heterocycles. The second kappa shape index (κ2) is 4.78. The monoisotopic (exact) mass is 181 g/mol. The maximum absolute atomic E-state index is 12.2. The van der Waals surface area contributed by atoms with E-state index in [0.29, 0.717) is 0 Å². The summed E-state index contributed by atoms with van der Waals surface area (Å²) >= 11 is 0. The van der Waals surface area contributed by atoms with Crippen molar-refractivity contribution in [3.8, 4) is 0 Å². The summed E-state index contributed by atoms with van der Waals surface area (Å²) in [7, 11) is 0. The highest BCUT2D eigenvalue weighted by Gasteiger charge is 2.38. The molecule has 0 saturated carbocycles. The second-order valence-electron chi connectivity index (χ2n) is 1.93. The second-order valence-corrected chi connectivity index (χ2v) is 1.93. The average molecular weight is 181 g/mol. The third kappa shape index (κ3) is 3.99. The van der Waals surface area contributed by atoms with Crippen molar-refractivity contribution < 1.29 is 23.5 Å². The highest BCUT2D eigenvalue weighted by atomic mass is 19.3. The molecule has 0 aliphatic heterocycles. The topological polar surface area (TPSA) is 58.6 Å².